The van der Waals surface area contributed by atoms with E-state index in [9.17, 15) is 31.1 Å². The summed E-state index contributed by atoms with van der Waals surface area (Å²) in [5, 5.41) is 8.94. The Balaban J connectivity index is 1.91. The maximum atomic E-state index is 13.2. The summed E-state index contributed by atoms with van der Waals surface area (Å²) in [5.41, 5.74) is 0.682. The molecule has 0 bridgehead atoms. The topological polar surface area (TPSA) is 49.8 Å². The van der Waals surface area contributed by atoms with Crippen LogP contribution in [-0.4, -0.2) is 47.5 Å². The van der Waals surface area contributed by atoms with Crippen molar-refractivity contribution >= 4 is 5.97 Å². The van der Waals surface area contributed by atoms with Gasteiger partial charge in [-0.2, -0.15) is 22.0 Å². The van der Waals surface area contributed by atoms with Gasteiger partial charge in [-0.05, 0) is 43.6 Å². The van der Waals surface area contributed by atoms with Gasteiger partial charge in [0.25, 0.3) is 6.17 Å². The number of piperidine rings is 1. The van der Waals surface area contributed by atoms with Crippen LogP contribution in [0.15, 0.2) is 24.3 Å². The first-order chi connectivity index (χ1) is 12.0. The number of carboxylic acid groups (broad SMARTS) is 1. The van der Waals surface area contributed by atoms with Crippen LogP contribution in [0.4, 0.5) is 26.3 Å². The Morgan fingerprint density at radius 1 is 1.15 bits per heavy atom. The second-order valence-electron chi connectivity index (χ2n) is 6.10. The summed E-state index contributed by atoms with van der Waals surface area (Å²) >= 11 is 0. The number of hydrogen-bond acceptors (Lipinski definition) is 3. The monoisotopic (exact) mass is 385 g/mol. The summed E-state index contributed by atoms with van der Waals surface area (Å²) in [6, 6.07) is 4.84. The van der Waals surface area contributed by atoms with Crippen LogP contribution < -0.4 is 4.74 Å². The molecule has 4 nitrogen and oxygen atoms in total. The van der Waals surface area contributed by atoms with E-state index in [4.69, 9.17) is 5.11 Å². The summed E-state index contributed by atoms with van der Waals surface area (Å²) in [6.07, 6.45) is -14.2. The van der Waals surface area contributed by atoms with Crippen LogP contribution in [0.3, 0.4) is 0 Å². The standard InChI is InChI=1S/C16H17F6NO3/c17-14(15(18,19)20)16(21,22)26-12-3-1-10(2-4-12)9-23-7-5-11(6-8-23)13(24)25/h1-4,11,14H,5-9H2,(H,24,25). The van der Waals surface area contributed by atoms with E-state index in [1.807, 2.05) is 4.90 Å². The molecule has 1 unspecified atom stereocenters. The minimum absolute atomic E-state index is 0.383. The highest BCUT2D eigenvalue weighted by molar-refractivity contribution is 5.70. The number of ether oxygens (including phenoxy) is 1. The van der Waals surface area contributed by atoms with E-state index in [1.165, 1.54) is 12.1 Å². The van der Waals surface area contributed by atoms with E-state index in [-0.39, 0.29) is 5.92 Å². The molecule has 0 aliphatic carbocycles. The van der Waals surface area contributed by atoms with E-state index in [0.717, 1.165) is 12.1 Å². The van der Waals surface area contributed by atoms with Crippen molar-refractivity contribution in [1.29, 1.82) is 0 Å². The number of alkyl halides is 6. The second-order valence-corrected chi connectivity index (χ2v) is 6.10. The van der Waals surface area contributed by atoms with E-state index < -0.39 is 30.2 Å². The van der Waals surface area contributed by atoms with Gasteiger partial charge >= 0.3 is 18.3 Å². The van der Waals surface area contributed by atoms with Gasteiger partial charge in [0, 0.05) is 6.54 Å². The molecule has 1 aliphatic heterocycles. The smallest absolute Gasteiger partial charge is 0.439 e. The van der Waals surface area contributed by atoms with Crippen molar-refractivity contribution in [2.45, 2.75) is 37.8 Å². The number of aliphatic carboxylic acids is 1. The van der Waals surface area contributed by atoms with Gasteiger partial charge in [0.05, 0.1) is 5.92 Å². The fourth-order valence-corrected chi connectivity index (χ4v) is 2.66. The number of rotatable bonds is 6. The average Bonchev–Trinajstić information content (AvgIpc) is 2.55. The zero-order chi connectivity index (χ0) is 19.5. The predicted molar refractivity (Wildman–Crippen MR) is 78.6 cm³/mol. The van der Waals surface area contributed by atoms with Gasteiger partial charge in [-0.1, -0.05) is 12.1 Å². The Kier molecular flexibility index (Phi) is 6.05. The first-order valence-corrected chi connectivity index (χ1v) is 7.81. The molecule has 1 atom stereocenters. The third-order valence-corrected chi connectivity index (χ3v) is 4.10. The first kappa shape index (κ1) is 20.3. The van der Waals surface area contributed by atoms with Crippen LogP contribution in [0.1, 0.15) is 18.4 Å². The molecule has 0 radical (unpaired) electrons. The molecule has 1 aromatic rings. The highest BCUT2D eigenvalue weighted by Crippen LogP contribution is 2.36. The highest BCUT2D eigenvalue weighted by atomic mass is 19.4. The lowest BCUT2D eigenvalue weighted by atomic mass is 9.97. The normalized spacial score (nSPS) is 18.5. The molecule has 1 heterocycles. The van der Waals surface area contributed by atoms with Crippen LogP contribution in [0, 0.1) is 5.92 Å². The molecule has 0 saturated carbocycles. The summed E-state index contributed by atoms with van der Waals surface area (Å²) in [4.78, 5) is 12.9. The third-order valence-electron chi connectivity index (χ3n) is 4.10. The molecule has 1 N–H and O–H groups in total. The Morgan fingerprint density at radius 3 is 2.15 bits per heavy atom. The number of nitrogens with zero attached hydrogens (tertiary/aromatic N) is 1. The average molecular weight is 385 g/mol. The molecule has 1 aliphatic rings. The molecule has 0 amide bonds. The van der Waals surface area contributed by atoms with Crippen molar-refractivity contribution < 1.29 is 41.0 Å². The van der Waals surface area contributed by atoms with Crippen molar-refractivity contribution in [2.75, 3.05) is 13.1 Å². The van der Waals surface area contributed by atoms with E-state index in [1.54, 1.807) is 0 Å². The van der Waals surface area contributed by atoms with Gasteiger partial charge in [-0.3, -0.25) is 9.69 Å². The van der Waals surface area contributed by atoms with E-state index in [2.05, 4.69) is 4.74 Å². The fourth-order valence-electron chi connectivity index (χ4n) is 2.66. The van der Waals surface area contributed by atoms with Crippen molar-refractivity contribution in [3.05, 3.63) is 29.8 Å². The van der Waals surface area contributed by atoms with Gasteiger partial charge in [0.2, 0.25) is 0 Å². The van der Waals surface area contributed by atoms with Gasteiger partial charge in [-0.15, -0.1) is 0 Å². The van der Waals surface area contributed by atoms with Crippen LogP contribution in [0.25, 0.3) is 0 Å². The van der Waals surface area contributed by atoms with Crippen molar-refractivity contribution in [3.63, 3.8) is 0 Å². The van der Waals surface area contributed by atoms with Crippen LogP contribution in [-0.2, 0) is 11.3 Å². The number of carboxylic acids is 1. The van der Waals surface area contributed by atoms with E-state index in [0.29, 0.717) is 38.0 Å². The number of halogens is 6. The Labute approximate surface area is 145 Å². The Bertz CT molecular complexity index is 611. The zero-order valence-electron chi connectivity index (χ0n) is 13.5. The SMILES string of the molecule is O=C(O)C1CCN(Cc2ccc(OC(F)(F)C(F)C(F)(F)F)cc2)CC1. The fraction of sp³-hybridized carbons (Fsp3) is 0.562. The second kappa shape index (κ2) is 7.73. The molecular formula is C16H17F6NO3. The van der Waals surface area contributed by atoms with Crippen LogP contribution in [0.2, 0.25) is 0 Å². The number of hydrogen-bond donors (Lipinski definition) is 1. The largest absolute Gasteiger partial charge is 0.481 e. The maximum Gasteiger partial charge on any atom is 0.439 e. The number of benzene rings is 1. The summed E-state index contributed by atoms with van der Waals surface area (Å²) in [6.45, 7) is 1.54. The summed E-state index contributed by atoms with van der Waals surface area (Å²) in [7, 11) is 0. The van der Waals surface area contributed by atoms with Crippen molar-refractivity contribution in [3.8, 4) is 5.75 Å². The first-order valence-electron chi connectivity index (χ1n) is 7.81. The lowest BCUT2D eigenvalue weighted by Crippen LogP contribution is -2.45. The minimum Gasteiger partial charge on any atom is -0.481 e. The number of likely N-dealkylation sites (tertiary alicyclic amines) is 1. The quantitative estimate of drug-likeness (QED) is 0.756. The Morgan fingerprint density at radius 2 is 1.69 bits per heavy atom. The molecular weight excluding hydrogens is 368 g/mol. The molecule has 0 spiro atoms. The van der Waals surface area contributed by atoms with Gasteiger partial charge in [-0.25, -0.2) is 4.39 Å². The summed E-state index contributed by atoms with van der Waals surface area (Å²) < 4.78 is 79.3. The molecule has 26 heavy (non-hydrogen) atoms. The third kappa shape index (κ3) is 5.26. The van der Waals surface area contributed by atoms with Crippen molar-refractivity contribution in [1.82, 2.24) is 4.90 Å². The highest BCUT2D eigenvalue weighted by Gasteiger charge is 2.59. The maximum absolute atomic E-state index is 13.2. The molecule has 146 valence electrons. The molecule has 1 fully saturated rings. The zero-order valence-corrected chi connectivity index (χ0v) is 13.5. The number of carbonyl (C=O) groups is 1. The molecule has 1 aromatic carbocycles. The van der Waals surface area contributed by atoms with Crippen LogP contribution in [0.5, 0.6) is 5.75 Å². The van der Waals surface area contributed by atoms with Gasteiger partial charge < -0.3 is 9.84 Å². The molecule has 0 aromatic heterocycles. The Hall–Kier alpha value is -1.97. The van der Waals surface area contributed by atoms with Gasteiger partial charge in [0.15, 0.2) is 0 Å². The minimum atomic E-state index is -5.73. The lowest BCUT2D eigenvalue weighted by Gasteiger charge is -2.30. The lowest BCUT2D eigenvalue weighted by molar-refractivity contribution is -0.304. The van der Waals surface area contributed by atoms with Crippen LogP contribution >= 0.6 is 0 Å². The molecule has 1 saturated heterocycles. The predicted octanol–water partition coefficient (Wildman–Crippen LogP) is 3.86. The van der Waals surface area contributed by atoms with Crippen molar-refractivity contribution in [2.24, 2.45) is 5.92 Å². The molecule has 2 rings (SSSR count). The molecule has 10 heteroatoms. The summed E-state index contributed by atoms with van der Waals surface area (Å²) in [5.74, 6) is -1.81. The van der Waals surface area contributed by atoms with Gasteiger partial charge in [0.1, 0.15) is 5.75 Å². The van der Waals surface area contributed by atoms with E-state index >= 15 is 0 Å².